The van der Waals surface area contributed by atoms with Crippen molar-refractivity contribution in [3.05, 3.63) is 30.1 Å². The van der Waals surface area contributed by atoms with Gasteiger partial charge in [-0.05, 0) is 12.1 Å². The van der Waals surface area contributed by atoms with Crippen LogP contribution >= 0.6 is 0 Å². The molecule has 2 heterocycles. The van der Waals surface area contributed by atoms with Crippen molar-refractivity contribution in [3.63, 3.8) is 0 Å². The van der Waals surface area contributed by atoms with Crippen LogP contribution < -0.4 is 11.5 Å². The van der Waals surface area contributed by atoms with E-state index in [0.717, 1.165) is 5.52 Å². The third-order valence-corrected chi connectivity index (χ3v) is 1.89. The molecule has 2 aromatic heterocycles. The first-order chi connectivity index (χ1) is 6.20. The zero-order valence-corrected chi connectivity index (χ0v) is 6.86. The van der Waals surface area contributed by atoms with Gasteiger partial charge in [-0.2, -0.15) is 0 Å². The molecule has 0 aliphatic carbocycles. The zero-order valence-electron chi connectivity index (χ0n) is 6.86. The van der Waals surface area contributed by atoms with Crippen molar-refractivity contribution in [1.29, 1.82) is 5.41 Å². The van der Waals surface area contributed by atoms with E-state index in [1.165, 1.54) is 0 Å². The Balaban J connectivity index is 2.84. The Morgan fingerprint density at radius 2 is 2.31 bits per heavy atom. The fraction of sp³-hybridized carbons (Fsp3) is 0. The summed E-state index contributed by atoms with van der Waals surface area (Å²) in [5.41, 5.74) is 12.4. The number of nitrogens with one attached hydrogen (secondary N) is 1. The number of nitrogens with two attached hydrogens (primary N) is 2. The predicted octanol–water partition coefficient (Wildman–Crippen LogP) is 0.201. The Morgan fingerprint density at radius 1 is 1.54 bits per heavy atom. The van der Waals surface area contributed by atoms with Gasteiger partial charge in [0.1, 0.15) is 5.84 Å². The summed E-state index contributed by atoms with van der Waals surface area (Å²) in [6.45, 7) is 0. The van der Waals surface area contributed by atoms with Crippen molar-refractivity contribution in [2.75, 3.05) is 5.73 Å². The molecule has 0 aliphatic rings. The third-order valence-electron chi connectivity index (χ3n) is 1.89. The lowest BCUT2D eigenvalue weighted by Crippen LogP contribution is -2.12. The maximum absolute atomic E-state index is 7.32. The highest BCUT2D eigenvalue weighted by Crippen LogP contribution is 2.12. The van der Waals surface area contributed by atoms with Crippen molar-refractivity contribution < 1.29 is 0 Å². The van der Waals surface area contributed by atoms with Gasteiger partial charge in [-0.25, -0.2) is 4.98 Å². The number of aromatic nitrogens is 2. The quantitative estimate of drug-likeness (QED) is 0.427. The van der Waals surface area contributed by atoms with Crippen LogP contribution in [-0.4, -0.2) is 15.2 Å². The van der Waals surface area contributed by atoms with Crippen LogP contribution in [0.15, 0.2) is 24.5 Å². The standard InChI is InChI=1S/C8H9N5/c9-7(10)5-2-1-3-13-6(5)4-12-8(13)11/h1-4H,(H3,9,10)(H2,11,12). The maximum atomic E-state index is 7.32. The smallest absolute Gasteiger partial charge is 0.204 e. The molecule has 66 valence electrons. The van der Waals surface area contributed by atoms with Crippen LogP contribution in [0, 0.1) is 5.41 Å². The van der Waals surface area contributed by atoms with Crippen molar-refractivity contribution in [3.8, 4) is 0 Å². The zero-order chi connectivity index (χ0) is 9.42. The van der Waals surface area contributed by atoms with Crippen LogP contribution in [0.2, 0.25) is 0 Å². The Morgan fingerprint density at radius 3 is 3.00 bits per heavy atom. The highest BCUT2D eigenvalue weighted by molar-refractivity contribution is 6.01. The summed E-state index contributed by atoms with van der Waals surface area (Å²) in [7, 11) is 0. The first kappa shape index (κ1) is 7.60. The van der Waals surface area contributed by atoms with Crippen LogP contribution in [0.4, 0.5) is 5.95 Å². The van der Waals surface area contributed by atoms with Gasteiger partial charge in [0, 0.05) is 11.8 Å². The SMILES string of the molecule is N=C(N)c1cccn2c(N)ncc12. The molecule has 13 heavy (non-hydrogen) atoms. The number of imidazole rings is 1. The van der Waals surface area contributed by atoms with Crippen LogP contribution in [0.25, 0.3) is 5.52 Å². The monoisotopic (exact) mass is 175 g/mol. The lowest BCUT2D eigenvalue weighted by Gasteiger charge is -2.01. The Kier molecular flexibility index (Phi) is 1.45. The molecule has 0 amide bonds. The Bertz CT molecular complexity index is 470. The summed E-state index contributed by atoms with van der Waals surface area (Å²) in [4.78, 5) is 3.93. The van der Waals surface area contributed by atoms with Gasteiger partial charge >= 0.3 is 0 Å². The van der Waals surface area contributed by atoms with E-state index < -0.39 is 0 Å². The molecule has 0 aromatic carbocycles. The number of nitrogens with zero attached hydrogens (tertiary/aromatic N) is 2. The fourth-order valence-corrected chi connectivity index (χ4v) is 1.27. The summed E-state index contributed by atoms with van der Waals surface area (Å²) >= 11 is 0. The Hall–Kier alpha value is -2.04. The number of fused-ring (bicyclic) bond motifs is 1. The van der Waals surface area contributed by atoms with E-state index in [0.29, 0.717) is 11.5 Å². The molecule has 2 aromatic rings. The predicted molar refractivity (Wildman–Crippen MR) is 50.6 cm³/mol. The summed E-state index contributed by atoms with van der Waals surface area (Å²) in [5.74, 6) is 0.420. The lowest BCUT2D eigenvalue weighted by molar-refractivity contribution is 1.17. The van der Waals surface area contributed by atoms with Gasteiger partial charge in [-0.1, -0.05) is 0 Å². The molecule has 0 saturated carbocycles. The molecule has 0 saturated heterocycles. The molecule has 2 rings (SSSR count). The number of rotatable bonds is 1. The first-order valence-electron chi connectivity index (χ1n) is 3.76. The molecule has 5 heteroatoms. The van der Waals surface area contributed by atoms with Gasteiger partial charge in [0.15, 0.2) is 0 Å². The van der Waals surface area contributed by atoms with Gasteiger partial charge in [0.05, 0.1) is 11.7 Å². The van der Waals surface area contributed by atoms with E-state index in [-0.39, 0.29) is 5.84 Å². The molecule has 5 N–H and O–H groups in total. The second kappa shape index (κ2) is 2.48. The number of hydrogen-bond acceptors (Lipinski definition) is 3. The number of amidine groups is 1. The van der Waals surface area contributed by atoms with E-state index in [2.05, 4.69) is 4.98 Å². The number of pyridine rings is 1. The first-order valence-corrected chi connectivity index (χ1v) is 3.76. The number of nitrogen functional groups attached to an aromatic ring is 2. The molecule has 0 radical (unpaired) electrons. The average molecular weight is 175 g/mol. The van der Waals surface area contributed by atoms with Gasteiger partial charge in [0.2, 0.25) is 5.95 Å². The minimum Gasteiger partial charge on any atom is -0.384 e. The van der Waals surface area contributed by atoms with Crippen molar-refractivity contribution >= 4 is 17.3 Å². The van der Waals surface area contributed by atoms with Crippen LogP contribution in [0.3, 0.4) is 0 Å². The fourth-order valence-electron chi connectivity index (χ4n) is 1.27. The molecule has 0 fully saturated rings. The summed E-state index contributed by atoms with van der Waals surface area (Å²) in [6, 6.07) is 3.54. The third kappa shape index (κ3) is 1.01. The van der Waals surface area contributed by atoms with E-state index >= 15 is 0 Å². The summed E-state index contributed by atoms with van der Waals surface area (Å²) in [5, 5.41) is 7.32. The highest BCUT2D eigenvalue weighted by atomic mass is 15.1. The van der Waals surface area contributed by atoms with Crippen LogP contribution in [0.5, 0.6) is 0 Å². The lowest BCUT2D eigenvalue weighted by atomic mass is 10.2. The van der Waals surface area contributed by atoms with Crippen molar-refractivity contribution in [1.82, 2.24) is 9.38 Å². The molecule has 0 atom stereocenters. The van der Waals surface area contributed by atoms with E-state index in [1.807, 2.05) is 0 Å². The molecular formula is C8H9N5. The molecule has 5 nitrogen and oxygen atoms in total. The van der Waals surface area contributed by atoms with Gasteiger partial charge in [0.25, 0.3) is 0 Å². The van der Waals surface area contributed by atoms with E-state index in [4.69, 9.17) is 16.9 Å². The molecule has 0 unspecified atom stereocenters. The topological polar surface area (TPSA) is 93.2 Å². The second-order valence-corrected chi connectivity index (χ2v) is 2.71. The maximum Gasteiger partial charge on any atom is 0.204 e. The summed E-state index contributed by atoms with van der Waals surface area (Å²) < 4.78 is 1.69. The summed E-state index contributed by atoms with van der Waals surface area (Å²) in [6.07, 6.45) is 3.39. The highest BCUT2D eigenvalue weighted by Gasteiger charge is 2.05. The van der Waals surface area contributed by atoms with Crippen molar-refractivity contribution in [2.24, 2.45) is 5.73 Å². The second-order valence-electron chi connectivity index (χ2n) is 2.71. The minimum atomic E-state index is 0.0190. The number of hydrogen-bond donors (Lipinski definition) is 3. The molecular weight excluding hydrogens is 166 g/mol. The number of anilines is 1. The van der Waals surface area contributed by atoms with E-state index in [1.54, 1.807) is 28.9 Å². The molecule has 0 bridgehead atoms. The normalized spacial score (nSPS) is 10.5. The minimum absolute atomic E-state index is 0.0190. The molecule has 0 spiro atoms. The van der Waals surface area contributed by atoms with Gasteiger partial charge < -0.3 is 11.5 Å². The van der Waals surface area contributed by atoms with Crippen LogP contribution in [-0.2, 0) is 0 Å². The molecule has 0 aliphatic heterocycles. The van der Waals surface area contributed by atoms with E-state index in [9.17, 15) is 0 Å². The van der Waals surface area contributed by atoms with Crippen molar-refractivity contribution in [2.45, 2.75) is 0 Å². The average Bonchev–Trinajstić information content (AvgIpc) is 2.48. The van der Waals surface area contributed by atoms with Gasteiger partial charge in [-0.3, -0.25) is 9.81 Å². The Labute approximate surface area is 74.5 Å². The van der Waals surface area contributed by atoms with Gasteiger partial charge in [-0.15, -0.1) is 0 Å². The van der Waals surface area contributed by atoms with Crippen LogP contribution in [0.1, 0.15) is 5.56 Å². The largest absolute Gasteiger partial charge is 0.384 e.